The maximum atomic E-state index is 11.8. The summed E-state index contributed by atoms with van der Waals surface area (Å²) in [5.74, 6) is -0.188. The molecule has 2 aromatic rings. The molecule has 5 heteroatoms. The molecule has 0 aliphatic heterocycles. The van der Waals surface area contributed by atoms with E-state index in [0.717, 1.165) is 11.3 Å². The molecule has 0 spiro atoms. The van der Waals surface area contributed by atoms with Crippen LogP contribution in [0.2, 0.25) is 0 Å². The molecule has 1 heterocycles. The number of Topliss-reactive ketones (excluding diaryl/α,β-unsaturated/α-hetero) is 1. The highest BCUT2D eigenvalue weighted by Crippen LogP contribution is 2.20. The summed E-state index contributed by atoms with van der Waals surface area (Å²) in [5.41, 5.74) is 1.17. The predicted octanol–water partition coefficient (Wildman–Crippen LogP) is 2.71. The zero-order chi connectivity index (χ0) is 13.3. The van der Waals surface area contributed by atoms with Crippen molar-refractivity contribution in [3.8, 4) is 0 Å². The molecule has 0 N–H and O–H groups in total. The van der Waals surface area contributed by atoms with Crippen LogP contribution in [-0.2, 0) is 0 Å². The summed E-state index contributed by atoms with van der Waals surface area (Å²) >= 11 is 0.999. The predicted molar refractivity (Wildman–Crippen MR) is 71.6 cm³/mol. The molecule has 0 fully saturated rings. The molecule has 0 atom stereocenters. The van der Waals surface area contributed by atoms with Gasteiger partial charge in [-0.15, -0.1) is 0 Å². The number of benzene rings is 1. The van der Waals surface area contributed by atoms with Crippen LogP contribution < -0.4 is 4.87 Å². The summed E-state index contributed by atoms with van der Waals surface area (Å²) in [4.78, 5) is 34.8. The molecule has 4 nitrogen and oxygen atoms in total. The van der Waals surface area contributed by atoms with Crippen molar-refractivity contribution in [3.63, 3.8) is 0 Å². The molecule has 0 unspecified atom stereocenters. The number of carbonyl (C=O) groups excluding carboxylic acids is 2. The van der Waals surface area contributed by atoms with Crippen molar-refractivity contribution in [2.24, 2.45) is 0 Å². The summed E-state index contributed by atoms with van der Waals surface area (Å²) < 4.78 is 1.86. The number of hydrogen-bond acceptors (Lipinski definition) is 4. The second kappa shape index (κ2) is 4.86. The van der Waals surface area contributed by atoms with Crippen molar-refractivity contribution < 1.29 is 9.59 Å². The molecule has 2 rings (SSSR count). The number of rotatable bonds is 3. The number of nitrogens with zero attached hydrogens (tertiary/aromatic N) is 1. The monoisotopic (exact) mass is 263 g/mol. The van der Waals surface area contributed by atoms with Gasteiger partial charge in [0, 0.05) is 18.4 Å². The lowest BCUT2D eigenvalue weighted by molar-refractivity contribution is 0.0911. The highest BCUT2D eigenvalue weighted by molar-refractivity contribution is 7.16. The molecular formula is C13H13NO3S. The van der Waals surface area contributed by atoms with Gasteiger partial charge < -0.3 is 0 Å². The molecule has 0 aliphatic carbocycles. The molecule has 1 aromatic carbocycles. The largest absolute Gasteiger partial charge is 0.314 e. The Balaban J connectivity index is 2.65. The topological polar surface area (TPSA) is 56.1 Å². The van der Waals surface area contributed by atoms with Crippen LogP contribution in [0, 0.1) is 0 Å². The van der Waals surface area contributed by atoms with Crippen LogP contribution in [0.1, 0.15) is 41.8 Å². The zero-order valence-corrected chi connectivity index (χ0v) is 11.0. The van der Waals surface area contributed by atoms with Gasteiger partial charge in [0.05, 0.1) is 10.2 Å². The lowest BCUT2D eigenvalue weighted by atomic mass is 10.1. The summed E-state index contributed by atoms with van der Waals surface area (Å²) in [6, 6.07) is 5.02. The standard InChI is InChI=1S/C13H13NO3S/c1-3-10(15)8-5-6-9-11(7-8)18-13(17)14(9)12(16)4-2/h5-7H,3-4H2,1-2H3. The quantitative estimate of drug-likeness (QED) is 0.800. The number of aromatic nitrogens is 1. The average molecular weight is 263 g/mol. The van der Waals surface area contributed by atoms with E-state index in [0.29, 0.717) is 22.2 Å². The van der Waals surface area contributed by atoms with Crippen molar-refractivity contribution >= 4 is 33.2 Å². The number of ketones is 1. The fourth-order valence-electron chi connectivity index (χ4n) is 1.79. The Morgan fingerprint density at radius 1 is 1.22 bits per heavy atom. The Labute approximate surface area is 108 Å². The minimum atomic E-state index is -0.294. The minimum absolute atomic E-state index is 0.0334. The van der Waals surface area contributed by atoms with E-state index >= 15 is 0 Å². The SMILES string of the molecule is CCC(=O)c1ccc2c(c1)sc(=O)n2C(=O)CC. The van der Waals surface area contributed by atoms with Crippen LogP contribution in [0.15, 0.2) is 23.0 Å². The van der Waals surface area contributed by atoms with E-state index in [-0.39, 0.29) is 23.0 Å². The van der Waals surface area contributed by atoms with E-state index in [1.165, 1.54) is 4.57 Å². The molecule has 18 heavy (non-hydrogen) atoms. The van der Waals surface area contributed by atoms with Gasteiger partial charge in [-0.3, -0.25) is 14.4 Å². The van der Waals surface area contributed by atoms with Gasteiger partial charge in [-0.05, 0) is 18.2 Å². The van der Waals surface area contributed by atoms with E-state index in [9.17, 15) is 14.4 Å². The summed E-state index contributed by atoms with van der Waals surface area (Å²) in [6.45, 7) is 3.51. The van der Waals surface area contributed by atoms with Crippen molar-refractivity contribution in [2.45, 2.75) is 26.7 Å². The lowest BCUT2D eigenvalue weighted by Gasteiger charge is -2.01. The molecule has 0 radical (unpaired) electrons. The fraction of sp³-hybridized carbons (Fsp3) is 0.308. The van der Waals surface area contributed by atoms with Gasteiger partial charge >= 0.3 is 4.87 Å². The number of thiazole rings is 1. The maximum absolute atomic E-state index is 11.8. The van der Waals surface area contributed by atoms with Crippen molar-refractivity contribution in [2.75, 3.05) is 0 Å². The van der Waals surface area contributed by atoms with Crippen LogP contribution in [0.25, 0.3) is 10.2 Å². The third-order valence-corrected chi connectivity index (χ3v) is 3.68. The normalized spacial score (nSPS) is 10.8. The maximum Gasteiger partial charge on any atom is 0.314 e. The molecule has 0 bridgehead atoms. The first-order valence-electron chi connectivity index (χ1n) is 5.80. The summed E-state index contributed by atoms with van der Waals surface area (Å²) in [5, 5.41) is 0. The number of carbonyl (C=O) groups is 2. The highest BCUT2D eigenvalue weighted by atomic mass is 32.1. The second-order valence-corrected chi connectivity index (χ2v) is 4.90. The van der Waals surface area contributed by atoms with Gasteiger partial charge in [0.2, 0.25) is 5.91 Å². The van der Waals surface area contributed by atoms with Crippen molar-refractivity contribution in [1.82, 2.24) is 4.57 Å². The van der Waals surface area contributed by atoms with Gasteiger partial charge in [-0.25, -0.2) is 4.57 Å². The van der Waals surface area contributed by atoms with Crippen molar-refractivity contribution in [3.05, 3.63) is 33.4 Å². The van der Waals surface area contributed by atoms with Crippen LogP contribution in [-0.4, -0.2) is 16.3 Å². The Kier molecular flexibility index (Phi) is 3.43. The Morgan fingerprint density at radius 2 is 1.94 bits per heavy atom. The van der Waals surface area contributed by atoms with Gasteiger partial charge in [0.15, 0.2) is 5.78 Å². The molecule has 1 aromatic heterocycles. The van der Waals surface area contributed by atoms with Gasteiger partial charge in [0.1, 0.15) is 0 Å². The zero-order valence-electron chi connectivity index (χ0n) is 10.2. The van der Waals surface area contributed by atoms with Crippen LogP contribution in [0.5, 0.6) is 0 Å². The Morgan fingerprint density at radius 3 is 2.56 bits per heavy atom. The number of hydrogen-bond donors (Lipinski definition) is 0. The Bertz CT molecular complexity index is 681. The molecule has 0 amide bonds. The second-order valence-electron chi connectivity index (χ2n) is 3.91. The third-order valence-electron chi connectivity index (χ3n) is 2.78. The number of fused-ring (bicyclic) bond motifs is 1. The molecular weight excluding hydrogens is 250 g/mol. The van der Waals surface area contributed by atoms with Gasteiger partial charge in [-0.2, -0.15) is 0 Å². The third kappa shape index (κ3) is 2.01. The van der Waals surface area contributed by atoms with E-state index in [1.807, 2.05) is 0 Å². The molecule has 0 saturated heterocycles. The van der Waals surface area contributed by atoms with Crippen LogP contribution >= 0.6 is 11.3 Å². The lowest BCUT2D eigenvalue weighted by Crippen LogP contribution is -2.20. The smallest absolute Gasteiger partial charge is 0.294 e. The average Bonchev–Trinajstić information content (AvgIpc) is 2.71. The van der Waals surface area contributed by atoms with Gasteiger partial charge in [0.25, 0.3) is 0 Å². The van der Waals surface area contributed by atoms with E-state index in [2.05, 4.69) is 0 Å². The molecule has 94 valence electrons. The van der Waals surface area contributed by atoms with Crippen molar-refractivity contribution in [1.29, 1.82) is 0 Å². The molecule has 0 aliphatic rings. The fourth-order valence-corrected chi connectivity index (χ4v) is 2.72. The van der Waals surface area contributed by atoms with Crippen LogP contribution in [0.4, 0.5) is 0 Å². The Hall–Kier alpha value is -1.75. The highest BCUT2D eigenvalue weighted by Gasteiger charge is 2.14. The summed E-state index contributed by atoms with van der Waals surface area (Å²) in [7, 11) is 0. The van der Waals surface area contributed by atoms with Crippen LogP contribution in [0.3, 0.4) is 0 Å². The van der Waals surface area contributed by atoms with E-state index in [1.54, 1.807) is 32.0 Å². The molecule has 0 saturated carbocycles. The van der Waals surface area contributed by atoms with E-state index in [4.69, 9.17) is 0 Å². The first kappa shape index (κ1) is 12.7. The van der Waals surface area contributed by atoms with E-state index < -0.39 is 0 Å². The minimum Gasteiger partial charge on any atom is -0.294 e. The summed E-state index contributed by atoms with van der Waals surface area (Å²) in [6.07, 6.45) is 0.705. The van der Waals surface area contributed by atoms with Gasteiger partial charge in [-0.1, -0.05) is 25.2 Å². The first-order chi connectivity index (χ1) is 8.58. The first-order valence-corrected chi connectivity index (χ1v) is 6.62.